The average Bonchev–Trinajstić information content (AvgIpc) is 2.40. The Morgan fingerprint density at radius 2 is 2.20 bits per heavy atom. The van der Waals surface area contributed by atoms with Crippen molar-refractivity contribution in [3.05, 3.63) is 40.8 Å². The Morgan fingerprint density at radius 3 is 2.65 bits per heavy atom. The summed E-state index contributed by atoms with van der Waals surface area (Å²) in [5.74, 6) is 0. The van der Waals surface area contributed by atoms with Crippen LogP contribution in [0, 0.1) is 0 Å². The van der Waals surface area contributed by atoms with Crippen molar-refractivity contribution in [2.45, 2.75) is 0 Å². The fourth-order valence-electron chi connectivity index (χ4n) is 0.877. The summed E-state index contributed by atoms with van der Waals surface area (Å²) in [5, 5.41) is 11.1. The van der Waals surface area contributed by atoms with Crippen LogP contribution in [-0.4, -0.2) is 18.5 Å². The Kier molecular flexibility index (Phi) is 9.20. The third-order valence-corrected chi connectivity index (χ3v) is 2.77. The van der Waals surface area contributed by atoms with Crippen LogP contribution in [0.2, 0.25) is 0 Å². The van der Waals surface area contributed by atoms with Crippen LogP contribution < -0.4 is 9.46 Å². The van der Waals surface area contributed by atoms with Gasteiger partial charge in [0.2, 0.25) is 5.69 Å². The fourth-order valence-corrected chi connectivity index (χ4v) is 1.41. The zero-order valence-corrected chi connectivity index (χ0v) is 13.0. The zero-order valence-electron chi connectivity index (χ0n) is 10.6. The molecule has 1 unspecified atom stereocenters. The van der Waals surface area contributed by atoms with Crippen LogP contribution in [0.5, 0.6) is 0 Å². The topological polar surface area (TPSA) is 95.1 Å². The maximum absolute atomic E-state index is 10.3. The van der Waals surface area contributed by atoms with Gasteiger partial charge in [-0.1, -0.05) is 28.4 Å². The Morgan fingerprint density at radius 1 is 1.55 bits per heavy atom. The van der Waals surface area contributed by atoms with E-state index in [1.807, 2.05) is 36.0 Å². The molecule has 10 heteroatoms. The lowest BCUT2D eigenvalue weighted by atomic mass is 10.4. The summed E-state index contributed by atoms with van der Waals surface area (Å²) < 4.78 is 19.8. The lowest BCUT2D eigenvalue weighted by Gasteiger charge is -2.17. The highest BCUT2D eigenvalue weighted by atomic mass is 35.5. The monoisotopic (exact) mass is 342 g/mol. The van der Waals surface area contributed by atoms with Gasteiger partial charge in [-0.2, -0.15) is 0 Å². The van der Waals surface area contributed by atoms with E-state index in [1.165, 1.54) is 6.21 Å². The largest absolute Gasteiger partial charge is 0.746 e. The van der Waals surface area contributed by atoms with Crippen LogP contribution in [0.3, 0.4) is 0 Å². The highest BCUT2D eigenvalue weighted by Gasteiger charge is 2.03. The number of aromatic nitrogens is 1. The summed E-state index contributed by atoms with van der Waals surface area (Å²) in [4.78, 5) is 10.3. The number of nitrogens with zero attached hydrogens (tertiary/aromatic N) is 2. The van der Waals surface area contributed by atoms with Crippen molar-refractivity contribution in [1.82, 2.24) is 0 Å². The third-order valence-electron chi connectivity index (χ3n) is 1.78. The van der Waals surface area contributed by atoms with Gasteiger partial charge in [0.15, 0.2) is 6.20 Å². The molecule has 0 saturated heterocycles. The molecule has 0 spiro atoms. The normalized spacial score (nSPS) is 13.1. The Hall–Kier alpha value is -1.11. The number of phosphoric acid groups is 1. The lowest BCUT2D eigenvalue weighted by molar-refractivity contribution is -0.672. The Balaban J connectivity index is 0.000000361. The van der Waals surface area contributed by atoms with Crippen LogP contribution in [0.4, 0.5) is 0 Å². The molecule has 7 nitrogen and oxygen atoms in total. The van der Waals surface area contributed by atoms with Gasteiger partial charge in [-0.25, -0.2) is 4.57 Å². The number of hydrogen-bond acceptors (Lipinski definition) is 6. The summed E-state index contributed by atoms with van der Waals surface area (Å²) in [6.07, 6.45) is 3.93. The quantitative estimate of drug-likeness (QED) is 0.224. The minimum atomic E-state index is -4.22. The van der Waals surface area contributed by atoms with Crippen LogP contribution in [0.25, 0.3) is 0 Å². The molecule has 0 bridgehead atoms. The van der Waals surface area contributed by atoms with E-state index in [0.29, 0.717) is 6.26 Å². The molecule has 0 aromatic carbocycles. The molecule has 0 aliphatic heterocycles. The summed E-state index contributed by atoms with van der Waals surface area (Å²) in [5.41, 5.74) is 0.866. The molecule has 1 rings (SSSR count). The molecule has 0 aliphatic rings. The molecule has 0 saturated carbocycles. The minimum Gasteiger partial charge on any atom is -0.746 e. The Labute approximate surface area is 126 Å². The number of rotatable bonds is 4. The molecule has 0 fully saturated rings. The van der Waals surface area contributed by atoms with E-state index in [-0.39, 0.29) is 4.49 Å². The highest BCUT2D eigenvalue weighted by molar-refractivity contribution is 7.45. The number of aryl methyl sites for hydroxylation is 1. The molecular formula is C10H13Cl2N2O5P. The van der Waals surface area contributed by atoms with Crippen LogP contribution in [0.1, 0.15) is 5.69 Å². The van der Waals surface area contributed by atoms with E-state index in [0.717, 1.165) is 12.8 Å². The van der Waals surface area contributed by atoms with Crippen molar-refractivity contribution < 1.29 is 28.3 Å². The number of pyridine rings is 1. The van der Waals surface area contributed by atoms with Crippen molar-refractivity contribution in [2.75, 3.05) is 7.11 Å². The smallest absolute Gasteiger partial charge is 0.318 e. The Bertz CT molecular complexity index is 520. The van der Waals surface area contributed by atoms with Crippen molar-refractivity contribution in [3.63, 3.8) is 0 Å². The van der Waals surface area contributed by atoms with Gasteiger partial charge < -0.3 is 19.1 Å². The van der Waals surface area contributed by atoms with Gasteiger partial charge in [0, 0.05) is 19.2 Å². The van der Waals surface area contributed by atoms with Gasteiger partial charge in [0.25, 0.3) is 0 Å². The van der Waals surface area contributed by atoms with Gasteiger partial charge in [-0.15, -0.1) is 0 Å². The van der Waals surface area contributed by atoms with E-state index in [1.54, 1.807) is 0 Å². The predicted molar refractivity (Wildman–Crippen MR) is 72.5 cm³/mol. The summed E-state index contributed by atoms with van der Waals surface area (Å²) in [6.45, 7) is 0. The van der Waals surface area contributed by atoms with Crippen LogP contribution in [-0.2, 0) is 20.7 Å². The zero-order chi connectivity index (χ0) is 15.6. The maximum atomic E-state index is 10.3. The van der Waals surface area contributed by atoms with E-state index in [4.69, 9.17) is 28.4 Å². The maximum Gasteiger partial charge on any atom is 0.318 e. The van der Waals surface area contributed by atoms with Crippen molar-refractivity contribution >= 4 is 37.2 Å². The number of halogens is 2. The molecule has 1 aromatic rings. The first-order valence-corrected chi connectivity index (χ1v) is 7.22. The second-order valence-electron chi connectivity index (χ2n) is 3.12. The molecule has 0 aliphatic carbocycles. The molecule has 20 heavy (non-hydrogen) atoms. The summed E-state index contributed by atoms with van der Waals surface area (Å²) in [6, 6.07) is 5.66. The first kappa shape index (κ1) is 18.9. The molecule has 0 amide bonds. The highest BCUT2D eigenvalue weighted by Crippen LogP contribution is 2.37. The van der Waals surface area contributed by atoms with Crippen molar-refractivity contribution in [3.8, 4) is 0 Å². The molecule has 1 atom stereocenters. The molecule has 112 valence electrons. The third kappa shape index (κ3) is 8.90. The molecular weight excluding hydrogens is 330 g/mol. The summed E-state index contributed by atoms with van der Waals surface area (Å²) in [7, 11) is -1.37. The van der Waals surface area contributed by atoms with Crippen LogP contribution in [0.15, 0.2) is 40.3 Å². The second-order valence-corrected chi connectivity index (χ2v) is 5.60. The van der Waals surface area contributed by atoms with Gasteiger partial charge in [-0.3, -0.25) is 4.57 Å². The summed E-state index contributed by atoms with van der Waals surface area (Å²) >= 11 is 10.1. The van der Waals surface area contributed by atoms with Crippen molar-refractivity contribution in [1.29, 1.82) is 0 Å². The second kappa shape index (κ2) is 9.74. The van der Waals surface area contributed by atoms with E-state index >= 15 is 0 Å². The number of phosphoric ester groups is 1. The molecule has 0 radical (unpaired) electrons. The SMILES string of the molecule is COP(=O)([O-])OC=C(Cl)Cl.C[n+]1ccccc1/C=N/O. The van der Waals surface area contributed by atoms with E-state index in [2.05, 4.69) is 14.2 Å². The molecule has 1 aromatic heterocycles. The van der Waals surface area contributed by atoms with Crippen LogP contribution >= 0.6 is 31.0 Å². The van der Waals surface area contributed by atoms with E-state index < -0.39 is 7.82 Å². The average molecular weight is 343 g/mol. The minimum absolute atomic E-state index is 0.298. The molecule has 1 heterocycles. The van der Waals surface area contributed by atoms with Gasteiger partial charge in [0.05, 0.1) is 0 Å². The first-order chi connectivity index (χ1) is 9.32. The first-order valence-electron chi connectivity index (χ1n) is 5.01. The van der Waals surface area contributed by atoms with Gasteiger partial charge >= 0.3 is 7.82 Å². The fraction of sp³-hybridized carbons (Fsp3) is 0.200. The predicted octanol–water partition coefficient (Wildman–Crippen LogP) is 1.71. The van der Waals surface area contributed by atoms with Gasteiger partial charge in [-0.05, 0) is 6.07 Å². The molecule has 1 N–H and O–H groups in total. The lowest BCUT2D eigenvalue weighted by Crippen LogP contribution is -2.32. The van der Waals surface area contributed by atoms with E-state index in [9.17, 15) is 9.46 Å². The van der Waals surface area contributed by atoms with Gasteiger partial charge in [0.1, 0.15) is 24.0 Å². The number of oxime groups is 1. The van der Waals surface area contributed by atoms with Crippen molar-refractivity contribution in [2.24, 2.45) is 12.2 Å². The number of hydrogen-bond donors (Lipinski definition) is 1. The standard InChI is InChI=1S/C7H8N2O.C3H5Cl2O4P/c1-9-5-3-2-4-7(9)6-8-10;1-8-10(6,7)9-2-3(4)5/h2-6H,1H3;2H,1H3,(H,6,7).